The van der Waals surface area contributed by atoms with E-state index in [4.69, 9.17) is 0 Å². The Morgan fingerprint density at radius 1 is 1.47 bits per heavy atom. The molecule has 0 aromatic carbocycles. The van der Waals surface area contributed by atoms with Gasteiger partial charge in [0.15, 0.2) is 10.3 Å². The molecule has 8 heteroatoms. The van der Waals surface area contributed by atoms with Crippen LogP contribution in [0.15, 0.2) is 9.13 Å². The van der Waals surface area contributed by atoms with E-state index in [-0.39, 0.29) is 5.56 Å². The van der Waals surface area contributed by atoms with Crippen LogP contribution in [0.1, 0.15) is 12.7 Å². The molecule has 2 aromatic heterocycles. The molecule has 0 amide bonds. The summed E-state index contributed by atoms with van der Waals surface area (Å²) in [5.41, 5.74) is 0.123. The SMILES string of the molecule is CCN(C)Cc1nc2sc([S+](C)[O-])nc2c(=O)n1C. The molecule has 0 aliphatic heterocycles. The molecule has 0 aliphatic rings. The first-order valence-electron chi connectivity index (χ1n) is 5.82. The molecular weight excluding hydrogens is 284 g/mol. The predicted molar refractivity (Wildman–Crippen MR) is 77.0 cm³/mol. The summed E-state index contributed by atoms with van der Waals surface area (Å²) in [5.74, 6) is 0.693. The molecule has 1 unspecified atom stereocenters. The van der Waals surface area contributed by atoms with Crippen molar-refractivity contribution in [1.29, 1.82) is 0 Å². The fourth-order valence-corrected chi connectivity index (χ4v) is 3.20. The zero-order valence-corrected chi connectivity index (χ0v) is 13.0. The van der Waals surface area contributed by atoms with E-state index < -0.39 is 11.2 Å². The first-order valence-corrected chi connectivity index (χ1v) is 8.20. The van der Waals surface area contributed by atoms with Gasteiger partial charge in [0.1, 0.15) is 12.1 Å². The minimum atomic E-state index is -1.19. The van der Waals surface area contributed by atoms with E-state index in [2.05, 4.69) is 14.9 Å². The predicted octanol–water partition coefficient (Wildman–Crippen LogP) is 0.579. The molecule has 0 bridgehead atoms. The van der Waals surface area contributed by atoms with Crippen molar-refractivity contribution in [1.82, 2.24) is 19.4 Å². The highest BCUT2D eigenvalue weighted by atomic mass is 32.2. The third-order valence-electron chi connectivity index (χ3n) is 2.91. The van der Waals surface area contributed by atoms with E-state index in [9.17, 15) is 9.35 Å². The lowest BCUT2D eigenvalue weighted by Gasteiger charge is -2.14. The maximum absolute atomic E-state index is 12.2. The van der Waals surface area contributed by atoms with Gasteiger partial charge in [0.2, 0.25) is 0 Å². The number of hydrogen-bond donors (Lipinski definition) is 0. The largest absolute Gasteiger partial charge is 0.610 e. The Bertz CT molecular complexity index is 650. The zero-order valence-electron chi connectivity index (χ0n) is 11.3. The Hall–Kier alpha value is -0.960. The molecule has 2 heterocycles. The van der Waals surface area contributed by atoms with E-state index in [0.717, 1.165) is 6.54 Å². The minimum absolute atomic E-state index is 0.183. The number of fused-ring (bicyclic) bond motifs is 1. The summed E-state index contributed by atoms with van der Waals surface area (Å²) >= 11 is 0.0363. The number of nitrogens with zero attached hydrogens (tertiary/aromatic N) is 4. The molecule has 0 saturated heterocycles. The fraction of sp³-hybridized carbons (Fsp3) is 0.545. The van der Waals surface area contributed by atoms with Gasteiger partial charge < -0.3 is 4.55 Å². The number of hydrogen-bond acceptors (Lipinski definition) is 6. The van der Waals surface area contributed by atoms with Crippen LogP contribution in [0.5, 0.6) is 0 Å². The van der Waals surface area contributed by atoms with Crippen LogP contribution >= 0.6 is 11.3 Å². The molecule has 0 spiro atoms. The van der Waals surface area contributed by atoms with Crippen molar-refractivity contribution in [3.63, 3.8) is 0 Å². The third kappa shape index (κ3) is 2.81. The van der Waals surface area contributed by atoms with E-state index in [1.807, 2.05) is 14.0 Å². The van der Waals surface area contributed by atoms with Crippen LogP contribution in [0.4, 0.5) is 0 Å². The molecule has 19 heavy (non-hydrogen) atoms. The molecule has 0 N–H and O–H groups in total. The molecule has 2 rings (SSSR count). The highest BCUT2D eigenvalue weighted by Crippen LogP contribution is 2.21. The normalized spacial score (nSPS) is 13.4. The molecule has 0 fully saturated rings. The first kappa shape index (κ1) is 14.4. The molecule has 104 valence electrons. The van der Waals surface area contributed by atoms with Gasteiger partial charge in [-0.3, -0.25) is 14.3 Å². The molecule has 2 aromatic rings. The van der Waals surface area contributed by atoms with Crippen LogP contribution in [-0.4, -0.2) is 43.8 Å². The average molecular weight is 300 g/mol. The molecule has 0 radical (unpaired) electrons. The van der Waals surface area contributed by atoms with Crippen LogP contribution in [0, 0.1) is 0 Å². The van der Waals surface area contributed by atoms with Crippen molar-refractivity contribution >= 4 is 32.9 Å². The molecule has 6 nitrogen and oxygen atoms in total. The number of thiazole rings is 1. The Kier molecular flexibility index (Phi) is 4.24. The second-order valence-corrected chi connectivity index (χ2v) is 6.84. The van der Waals surface area contributed by atoms with Crippen LogP contribution in [0.25, 0.3) is 10.3 Å². The topological polar surface area (TPSA) is 74.1 Å². The van der Waals surface area contributed by atoms with Gasteiger partial charge in [0.05, 0.1) is 6.54 Å². The van der Waals surface area contributed by atoms with Gasteiger partial charge in [-0.05, 0) is 24.9 Å². The molecule has 0 aliphatic carbocycles. The lowest BCUT2D eigenvalue weighted by atomic mass is 10.4. The van der Waals surface area contributed by atoms with E-state index in [0.29, 0.717) is 27.1 Å². The summed E-state index contributed by atoms with van der Waals surface area (Å²) in [6.07, 6.45) is 1.55. The maximum Gasteiger partial charge on any atom is 0.304 e. The highest BCUT2D eigenvalue weighted by Gasteiger charge is 2.18. The monoisotopic (exact) mass is 300 g/mol. The van der Waals surface area contributed by atoms with Crippen molar-refractivity contribution in [2.24, 2.45) is 7.05 Å². The lowest BCUT2D eigenvalue weighted by Crippen LogP contribution is -2.27. The van der Waals surface area contributed by atoms with E-state index >= 15 is 0 Å². The maximum atomic E-state index is 12.2. The smallest absolute Gasteiger partial charge is 0.304 e. The molecule has 1 atom stereocenters. The van der Waals surface area contributed by atoms with Gasteiger partial charge in [0.25, 0.3) is 5.56 Å². The first-order chi connectivity index (χ1) is 8.93. The summed E-state index contributed by atoms with van der Waals surface area (Å²) in [6, 6.07) is 0. The Morgan fingerprint density at radius 3 is 2.74 bits per heavy atom. The average Bonchev–Trinajstić information content (AvgIpc) is 2.79. The van der Waals surface area contributed by atoms with Gasteiger partial charge in [-0.1, -0.05) is 6.92 Å². The second-order valence-electron chi connectivity index (χ2n) is 4.31. The van der Waals surface area contributed by atoms with E-state index in [1.165, 1.54) is 15.9 Å². The van der Waals surface area contributed by atoms with Crippen LogP contribution < -0.4 is 5.56 Å². The summed E-state index contributed by atoms with van der Waals surface area (Å²) in [4.78, 5) is 23.4. The molecular formula is C11H16N4O2S2. The van der Waals surface area contributed by atoms with Crippen molar-refractivity contribution in [3.05, 3.63) is 16.2 Å². The van der Waals surface area contributed by atoms with Gasteiger partial charge in [-0.2, -0.15) is 4.98 Å². The lowest BCUT2D eigenvalue weighted by molar-refractivity contribution is 0.330. The van der Waals surface area contributed by atoms with Gasteiger partial charge in [0, 0.05) is 18.2 Å². The third-order valence-corrected chi connectivity index (χ3v) is 5.19. The second kappa shape index (κ2) is 5.58. The number of aromatic nitrogens is 3. The summed E-state index contributed by atoms with van der Waals surface area (Å²) in [7, 11) is 3.66. The van der Waals surface area contributed by atoms with Crippen molar-refractivity contribution < 1.29 is 4.55 Å². The van der Waals surface area contributed by atoms with Crippen molar-refractivity contribution in [2.75, 3.05) is 19.8 Å². The minimum Gasteiger partial charge on any atom is -0.610 e. The van der Waals surface area contributed by atoms with Crippen LogP contribution in [0.3, 0.4) is 0 Å². The van der Waals surface area contributed by atoms with Gasteiger partial charge in [-0.25, -0.2) is 4.98 Å². The quantitative estimate of drug-likeness (QED) is 0.772. The Labute approximate surface area is 118 Å². The standard InChI is InChI=1S/C11H16N4O2S2/c1-5-14(2)6-7-12-9-8(10(16)15(7)3)13-11(18-9)19(4)17/h5-6H2,1-4H3. The zero-order chi connectivity index (χ0) is 14.2. The highest BCUT2D eigenvalue weighted by molar-refractivity contribution is 7.92. The van der Waals surface area contributed by atoms with Crippen molar-refractivity contribution in [2.45, 2.75) is 17.8 Å². The van der Waals surface area contributed by atoms with Gasteiger partial charge in [-0.15, -0.1) is 0 Å². The Balaban J connectivity index is 2.56. The van der Waals surface area contributed by atoms with Crippen LogP contribution in [0.2, 0.25) is 0 Å². The fourth-order valence-electron chi connectivity index (χ4n) is 1.59. The van der Waals surface area contributed by atoms with E-state index in [1.54, 1.807) is 13.3 Å². The summed E-state index contributed by atoms with van der Waals surface area (Å²) in [6.45, 7) is 3.52. The van der Waals surface area contributed by atoms with Gasteiger partial charge >= 0.3 is 4.34 Å². The summed E-state index contributed by atoms with van der Waals surface area (Å²) < 4.78 is 13.4. The van der Waals surface area contributed by atoms with Crippen molar-refractivity contribution in [3.8, 4) is 0 Å². The molecule has 0 saturated carbocycles. The van der Waals surface area contributed by atoms with Crippen LogP contribution in [-0.2, 0) is 24.8 Å². The number of rotatable bonds is 4. The Morgan fingerprint density at radius 2 is 2.16 bits per heavy atom. The summed E-state index contributed by atoms with van der Waals surface area (Å²) in [5, 5.41) is 0.